The molecule has 0 aliphatic rings. The largest absolute Gasteiger partial charge is 0.462 e. The van der Waals surface area contributed by atoms with Crippen molar-refractivity contribution in [3.63, 3.8) is 0 Å². The van der Waals surface area contributed by atoms with Crippen LogP contribution in [0.25, 0.3) is 11.6 Å². The topological polar surface area (TPSA) is 26.3 Å². The summed E-state index contributed by atoms with van der Waals surface area (Å²) < 4.78 is 18.7. The van der Waals surface area contributed by atoms with E-state index in [-0.39, 0.29) is 18.4 Å². The number of halogens is 1. The second kappa shape index (κ2) is 12.0. The summed E-state index contributed by atoms with van der Waals surface area (Å²) in [5, 5.41) is 0. The summed E-state index contributed by atoms with van der Waals surface area (Å²) in [6.45, 7) is 4.49. The van der Waals surface area contributed by atoms with E-state index in [1.54, 1.807) is 12.1 Å². The Balaban J connectivity index is 1.83. The minimum Gasteiger partial charge on any atom is -0.462 e. The van der Waals surface area contributed by atoms with E-state index in [4.69, 9.17) is 4.74 Å². The van der Waals surface area contributed by atoms with Crippen molar-refractivity contribution in [1.82, 2.24) is 0 Å². The first-order valence-electron chi connectivity index (χ1n) is 11.4. The van der Waals surface area contributed by atoms with E-state index < -0.39 is 0 Å². The molecule has 3 heteroatoms. The Morgan fingerprint density at radius 1 is 0.938 bits per heavy atom. The Labute approximate surface area is 190 Å². The van der Waals surface area contributed by atoms with Crippen LogP contribution in [0.5, 0.6) is 0 Å². The Bertz CT molecular complexity index is 1040. The standard InChI is InChI=1S/C29H31FO2/c1-3-4-6-13-25(21-24-11-7-5-8-12-24)28-22(2)10-9-14-27(28)29(31)32-20-19-23-15-17-26(30)18-16-23/h5,7-12,14-18,21H,3-4,6,13,19-20H2,1-2H3/b25-21-. The molecular formula is C29H31FO2. The van der Waals surface area contributed by atoms with Crippen molar-refractivity contribution in [1.29, 1.82) is 0 Å². The monoisotopic (exact) mass is 430 g/mol. The lowest BCUT2D eigenvalue weighted by molar-refractivity contribution is 0.0508. The molecule has 0 aliphatic heterocycles. The number of esters is 1. The van der Waals surface area contributed by atoms with Crippen LogP contribution in [0.15, 0.2) is 72.8 Å². The van der Waals surface area contributed by atoms with Crippen LogP contribution in [0.1, 0.15) is 65.2 Å². The number of hydrogen-bond donors (Lipinski definition) is 0. The molecule has 0 unspecified atom stereocenters. The maximum absolute atomic E-state index is 13.1. The van der Waals surface area contributed by atoms with Crippen LogP contribution in [-0.4, -0.2) is 12.6 Å². The van der Waals surface area contributed by atoms with E-state index in [9.17, 15) is 9.18 Å². The lowest BCUT2D eigenvalue weighted by Crippen LogP contribution is -2.11. The number of carbonyl (C=O) groups excluding carboxylic acids is 1. The average molecular weight is 431 g/mol. The molecule has 0 fully saturated rings. The predicted octanol–water partition coefficient (Wildman–Crippen LogP) is 7.65. The third-order valence-corrected chi connectivity index (χ3v) is 5.54. The summed E-state index contributed by atoms with van der Waals surface area (Å²) in [6.07, 6.45) is 7.01. The number of rotatable bonds is 10. The Morgan fingerprint density at radius 2 is 1.69 bits per heavy atom. The molecule has 0 radical (unpaired) electrons. The molecular weight excluding hydrogens is 399 g/mol. The van der Waals surface area contributed by atoms with Gasteiger partial charge in [0.05, 0.1) is 12.2 Å². The lowest BCUT2D eigenvalue weighted by atomic mass is 9.90. The second-order valence-electron chi connectivity index (χ2n) is 8.05. The van der Waals surface area contributed by atoms with E-state index in [0.717, 1.165) is 53.5 Å². The Hall–Kier alpha value is -3.20. The van der Waals surface area contributed by atoms with Gasteiger partial charge in [-0.1, -0.05) is 80.4 Å². The van der Waals surface area contributed by atoms with Gasteiger partial charge in [0.25, 0.3) is 0 Å². The molecule has 3 rings (SSSR count). The predicted molar refractivity (Wildman–Crippen MR) is 130 cm³/mol. The third kappa shape index (κ3) is 6.65. The summed E-state index contributed by atoms with van der Waals surface area (Å²) in [5.41, 5.74) is 5.86. The van der Waals surface area contributed by atoms with Crippen molar-refractivity contribution in [2.45, 2.75) is 46.0 Å². The van der Waals surface area contributed by atoms with Gasteiger partial charge in [0.2, 0.25) is 0 Å². The molecule has 3 aromatic carbocycles. The first-order valence-corrected chi connectivity index (χ1v) is 11.4. The van der Waals surface area contributed by atoms with Crippen molar-refractivity contribution in [2.75, 3.05) is 6.61 Å². The van der Waals surface area contributed by atoms with Crippen LogP contribution in [0.3, 0.4) is 0 Å². The third-order valence-electron chi connectivity index (χ3n) is 5.54. The first-order chi connectivity index (χ1) is 15.6. The maximum atomic E-state index is 13.1. The molecule has 0 amide bonds. The molecule has 0 atom stereocenters. The van der Waals surface area contributed by atoms with E-state index in [1.165, 1.54) is 12.1 Å². The van der Waals surface area contributed by atoms with Crippen LogP contribution in [-0.2, 0) is 11.2 Å². The summed E-state index contributed by atoms with van der Waals surface area (Å²) in [6, 6.07) is 22.3. The maximum Gasteiger partial charge on any atom is 0.338 e. The van der Waals surface area contributed by atoms with Gasteiger partial charge in [0.1, 0.15) is 5.82 Å². The highest BCUT2D eigenvalue weighted by Gasteiger charge is 2.18. The zero-order valence-electron chi connectivity index (χ0n) is 18.9. The first kappa shape index (κ1) is 23.5. The molecule has 0 bridgehead atoms. The summed E-state index contributed by atoms with van der Waals surface area (Å²) in [4.78, 5) is 13.0. The molecule has 0 N–H and O–H groups in total. The molecule has 0 saturated heterocycles. The van der Waals surface area contributed by atoms with E-state index >= 15 is 0 Å². The van der Waals surface area contributed by atoms with Gasteiger partial charge in [0.15, 0.2) is 0 Å². The normalized spacial score (nSPS) is 11.4. The quantitative estimate of drug-likeness (QED) is 0.187. The number of allylic oxidation sites excluding steroid dienone is 1. The highest BCUT2D eigenvalue weighted by atomic mass is 19.1. The fourth-order valence-corrected chi connectivity index (χ4v) is 3.84. The van der Waals surface area contributed by atoms with Gasteiger partial charge in [0, 0.05) is 6.42 Å². The zero-order valence-corrected chi connectivity index (χ0v) is 18.9. The van der Waals surface area contributed by atoms with E-state index in [1.807, 2.05) is 43.3 Å². The van der Waals surface area contributed by atoms with Gasteiger partial charge in [-0.15, -0.1) is 0 Å². The molecule has 0 aliphatic carbocycles. The number of aryl methyl sites for hydroxylation is 1. The summed E-state index contributed by atoms with van der Waals surface area (Å²) in [5.74, 6) is -0.587. The van der Waals surface area contributed by atoms with Crippen LogP contribution in [0.2, 0.25) is 0 Å². The highest BCUT2D eigenvalue weighted by molar-refractivity contribution is 5.98. The lowest BCUT2D eigenvalue weighted by Gasteiger charge is -2.16. The fourth-order valence-electron chi connectivity index (χ4n) is 3.84. The SMILES string of the molecule is CCCCC/C(=C/c1ccccc1)c1c(C)cccc1C(=O)OCCc1ccc(F)cc1. The minimum atomic E-state index is -0.319. The molecule has 0 aromatic heterocycles. The van der Waals surface area contributed by atoms with Crippen molar-refractivity contribution in [3.05, 3.63) is 106 Å². The number of benzene rings is 3. The van der Waals surface area contributed by atoms with E-state index in [0.29, 0.717) is 12.0 Å². The van der Waals surface area contributed by atoms with Crippen LogP contribution < -0.4 is 0 Å². The number of carbonyl (C=O) groups is 1. The van der Waals surface area contributed by atoms with Crippen LogP contribution >= 0.6 is 0 Å². The van der Waals surface area contributed by atoms with Crippen molar-refractivity contribution in [3.8, 4) is 0 Å². The fraction of sp³-hybridized carbons (Fsp3) is 0.276. The van der Waals surface area contributed by atoms with Gasteiger partial charge in [-0.3, -0.25) is 0 Å². The number of unbranched alkanes of at least 4 members (excludes halogenated alkanes) is 2. The molecule has 166 valence electrons. The number of ether oxygens (including phenoxy) is 1. The molecule has 3 aromatic rings. The zero-order chi connectivity index (χ0) is 22.8. The Morgan fingerprint density at radius 3 is 2.41 bits per heavy atom. The molecule has 0 saturated carbocycles. The van der Waals surface area contributed by atoms with Gasteiger partial charge >= 0.3 is 5.97 Å². The van der Waals surface area contributed by atoms with Crippen molar-refractivity contribution in [2.24, 2.45) is 0 Å². The summed E-state index contributed by atoms with van der Waals surface area (Å²) >= 11 is 0. The van der Waals surface area contributed by atoms with Crippen LogP contribution in [0, 0.1) is 12.7 Å². The van der Waals surface area contributed by atoms with Gasteiger partial charge < -0.3 is 4.74 Å². The van der Waals surface area contributed by atoms with E-state index in [2.05, 4.69) is 25.1 Å². The smallest absolute Gasteiger partial charge is 0.338 e. The Kier molecular flexibility index (Phi) is 8.79. The van der Waals surface area contributed by atoms with Crippen molar-refractivity contribution >= 4 is 17.6 Å². The molecule has 2 nitrogen and oxygen atoms in total. The highest BCUT2D eigenvalue weighted by Crippen LogP contribution is 2.30. The molecule has 32 heavy (non-hydrogen) atoms. The molecule has 0 spiro atoms. The minimum absolute atomic E-state index is 0.255. The van der Waals surface area contributed by atoms with Gasteiger partial charge in [-0.05, 0) is 65.8 Å². The number of hydrogen-bond acceptors (Lipinski definition) is 2. The average Bonchev–Trinajstić information content (AvgIpc) is 2.80. The summed E-state index contributed by atoms with van der Waals surface area (Å²) in [7, 11) is 0. The van der Waals surface area contributed by atoms with Crippen molar-refractivity contribution < 1.29 is 13.9 Å². The van der Waals surface area contributed by atoms with Gasteiger partial charge in [-0.25, -0.2) is 9.18 Å². The van der Waals surface area contributed by atoms with Gasteiger partial charge in [-0.2, -0.15) is 0 Å². The van der Waals surface area contributed by atoms with Crippen LogP contribution in [0.4, 0.5) is 4.39 Å². The second-order valence-corrected chi connectivity index (χ2v) is 8.05. The molecule has 0 heterocycles.